The molecule has 1 aliphatic carbocycles. The number of hydrogen-bond donors (Lipinski definition) is 2. The molecule has 6 nitrogen and oxygen atoms in total. The van der Waals surface area contributed by atoms with E-state index >= 15 is 0 Å². The average molecular weight is 341 g/mol. The Hall–Kier alpha value is -1.76. The summed E-state index contributed by atoms with van der Waals surface area (Å²) in [5.74, 6) is 0.872. The molecule has 0 atom stereocenters. The first-order chi connectivity index (χ1) is 11.0. The van der Waals surface area contributed by atoms with Crippen LogP contribution in [0.25, 0.3) is 0 Å². The highest BCUT2D eigenvalue weighted by Crippen LogP contribution is 2.28. The molecule has 0 aromatic heterocycles. The number of carbonyl (C=O) groups is 1. The summed E-state index contributed by atoms with van der Waals surface area (Å²) in [7, 11) is -3.32. The van der Waals surface area contributed by atoms with Crippen LogP contribution in [0.2, 0.25) is 0 Å². The van der Waals surface area contributed by atoms with E-state index in [0.29, 0.717) is 5.75 Å². The van der Waals surface area contributed by atoms with E-state index in [2.05, 4.69) is 5.32 Å². The van der Waals surface area contributed by atoms with Gasteiger partial charge in [0, 0.05) is 0 Å². The van der Waals surface area contributed by atoms with Crippen LogP contribution in [0.1, 0.15) is 32.1 Å². The molecule has 2 rings (SSSR count). The topological polar surface area (TPSA) is 92.7 Å². The summed E-state index contributed by atoms with van der Waals surface area (Å²) in [5, 5.41) is 10.7. The van der Waals surface area contributed by atoms with Gasteiger partial charge in [-0.25, -0.2) is 13.2 Å². The summed E-state index contributed by atoms with van der Waals surface area (Å²) < 4.78 is 30.4. The Kier molecular flexibility index (Phi) is 6.27. The van der Waals surface area contributed by atoms with Gasteiger partial charge in [-0.15, -0.1) is 0 Å². The Balaban J connectivity index is 1.95. The van der Waals surface area contributed by atoms with Crippen LogP contribution < -0.4 is 10.1 Å². The van der Waals surface area contributed by atoms with Crippen molar-refractivity contribution in [2.24, 2.45) is 5.92 Å². The van der Waals surface area contributed by atoms with Crippen molar-refractivity contribution in [2.45, 2.75) is 37.0 Å². The first-order valence-corrected chi connectivity index (χ1v) is 9.55. The number of sulfone groups is 1. The van der Waals surface area contributed by atoms with Crippen molar-refractivity contribution in [2.75, 3.05) is 18.9 Å². The van der Waals surface area contributed by atoms with Gasteiger partial charge in [-0.1, -0.05) is 25.3 Å². The first kappa shape index (κ1) is 17.6. The predicted octanol–water partition coefficient (Wildman–Crippen LogP) is 2.69. The maximum Gasteiger partial charge on any atom is 0.404 e. The summed E-state index contributed by atoms with van der Waals surface area (Å²) in [6, 6.07) is 6.41. The Labute approximate surface area is 136 Å². The minimum absolute atomic E-state index is 0.147. The lowest BCUT2D eigenvalue weighted by Gasteiger charge is -2.21. The van der Waals surface area contributed by atoms with Crippen LogP contribution in [0.3, 0.4) is 0 Å². The van der Waals surface area contributed by atoms with E-state index in [0.717, 1.165) is 25.7 Å². The molecule has 7 heteroatoms. The van der Waals surface area contributed by atoms with Crippen LogP contribution in [0.4, 0.5) is 4.79 Å². The highest BCUT2D eigenvalue weighted by molar-refractivity contribution is 7.91. The van der Waals surface area contributed by atoms with Gasteiger partial charge in [-0.2, -0.15) is 0 Å². The van der Waals surface area contributed by atoms with Crippen LogP contribution in [0.15, 0.2) is 29.2 Å². The molecule has 0 aliphatic heterocycles. The minimum atomic E-state index is -3.32. The molecule has 23 heavy (non-hydrogen) atoms. The van der Waals surface area contributed by atoms with Gasteiger partial charge in [0.25, 0.3) is 0 Å². The number of rotatable bonds is 7. The molecule has 0 bridgehead atoms. The van der Waals surface area contributed by atoms with E-state index in [1.807, 2.05) is 0 Å². The van der Waals surface area contributed by atoms with Crippen LogP contribution in [0, 0.1) is 5.92 Å². The molecule has 1 aliphatic rings. The largest absolute Gasteiger partial charge is 0.492 e. The quantitative estimate of drug-likeness (QED) is 0.744. The van der Waals surface area contributed by atoms with Crippen LogP contribution in [0.5, 0.6) is 5.75 Å². The number of nitrogens with one attached hydrogen (secondary N) is 1. The van der Waals surface area contributed by atoms with Crippen LogP contribution >= 0.6 is 0 Å². The standard InChI is InChI=1S/C16H23NO5S/c18-16(19)17-9-10-22-14-7-4-8-15(11-14)23(20,21)12-13-5-2-1-3-6-13/h4,7-8,11,13,17H,1-3,5-6,9-10,12H2,(H,18,19). The SMILES string of the molecule is O=C(O)NCCOc1cccc(S(=O)(=O)CC2CCCCC2)c1. The molecule has 2 N–H and O–H groups in total. The molecular weight excluding hydrogens is 318 g/mol. The normalized spacial score (nSPS) is 16.0. The molecule has 1 aromatic rings. The van der Waals surface area contributed by atoms with Crippen molar-refractivity contribution in [1.29, 1.82) is 0 Å². The molecule has 0 radical (unpaired) electrons. The fraction of sp³-hybridized carbons (Fsp3) is 0.562. The Bertz CT molecular complexity index is 623. The zero-order valence-corrected chi connectivity index (χ0v) is 13.8. The summed E-state index contributed by atoms with van der Waals surface area (Å²) in [6.45, 7) is 0.298. The van der Waals surface area contributed by atoms with E-state index in [1.54, 1.807) is 18.2 Å². The Morgan fingerprint density at radius 1 is 1.26 bits per heavy atom. The molecular formula is C16H23NO5S. The smallest absolute Gasteiger partial charge is 0.404 e. The number of carboxylic acid groups (broad SMARTS) is 1. The van der Waals surface area contributed by atoms with E-state index in [-0.39, 0.29) is 29.7 Å². The molecule has 128 valence electrons. The fourth-order valence-electron chi connectivity index (χ4n) is 2.84. The number of benzene rings is 1. The van der Waals surface area contributed by atoms with Gasteiger partial charge in [0.15, 0.2) is 9.84 Å². The zero-order chi connectivity index (χ0) is 16.7. The van der Waals surface area contributed by atoms with Crippen LogP contribution in [-0.4, -0.2) is 38.5 Å². The van der Waals surface area contributed by atoms with Crippen LogP contribution in [-0.2, 0) is 9.84 Å². The summed E-state index contributed by atoms with van der Waals surface area (Å²) in [6.07, 6.45) is 4.27. The lowest BCUT2D eigenvalue weighted by molar-refractivity contribution is 0.191. The molecule has 0 heterocycles. The lowest BCUT2D eigenvalue weighted by Crippen LogP contribution is -2.26. The van der Waals surface area contributed by atoms with E-state index in [9.17, 15) is 13.2 Å². The molecule has 0 spiro atoms. The lowest BCUT2D eigenvalue weighted by atomic mass is 9.91. The van der Waals surface area contributed by atoms with E-state index in [1.165, 1.54) is 12.5 Å². The van der Waals surface area contributed by atoms with E-state index in [4.69, 9.17) is 9.84 Å². The maximum absolute atomic E-state index is 12.5. The van der Waals surface area contributed by atoms with Gasteiger partial charge in [-0.05, 0) is 37.0 Å². The first-order valence-electron chi connectivity index (χ1n) is 7.90. The summed E-state index contributed by atoms with van der Waals surface area (Å²) in [4.78, 5) is 10.6. The fourth-order valence-corrected chi connectivity index (χ4v) is 4.57. The van der Waals surface area contributed by atoms with Gasteiger partial charge in [-0.3, -0.25) is 0 Å². The molecule has 1 amide bonds. The monoisotopic (exact) mass is 341 g/mol. The number of amides is 1. The Morgan fingerprint density at radius 3 is 2.70 bits per heavy atom. The molecule has 1 saturated carbocycles. The van der Waals surface area contributed by atoms with Crippen molar-refractivity contribution in [1.82, 2.24) is 5.32 Å². The van der Waals surface area contributed by atoms with Crippen molar-refractivity contribution in [3.05, 3.63) is 24.3 Å². The number of hydrogen-bond acceptors (Lipinski definition) is 4. The van der Waals surface area contributed by atoms with E-state index < -0.39 is 15.9 Å². The predicted molar refractivity (Wildman–Crippen MR) is 86.6 cm³/mol. The molecule has 1 fully saturated rings. The van der Waals surface area contributed by atoms with Gasteiger partial charge < -0.3 is 15.2 Å². The maximum atomic E-state index is 12.5. The highest BCUT2D eigenvalue weighted by atomic mass is 32.2. The third-order valence-corrected chi connectivity index (χ3v) is 5.87. The second-order valence-corrected chi connectivity index (χ2v) is 7.87. The average Bonchev–Trinajstić information content (AvgIpc) is 2.52. The van der Waals surface area contributed by atoms with Gasteiger partial charge in [0.2, 0.25) is 0 Å². The molecule has 1 aromatic carbocycles. The van der Waals surface area contributed by atoms with Crippen molar-refractivity contribution >= 4 is 15.9 Å². The second-order valence-electron chi connectivity index (χ2n) is 5.84. The van der Waals surface area contributed by atoms with Crippen molar-refractivity contribution in [3.63, 3.8) is 0 Å². The third-order valence-electron chi connectivity index (χ3n) is 3.99. The van der Waals surface area contributed by atoms with Crippen molar-refractivity contribution in [3.8, 4) is 5.75 Å². The molecule has 0 saturated heterocycles. The van der Waals surface area contributed by atoms with Crippen molar-refractivity contribution < 1.29 is 23.1 Å². The van der Waals surface area contributed by atoms with Gasteiger partial charge in [0.05, 0.1) is 17.2 Å². The van der Waals surface area contributed by atoms with Gasteiger partial charge in [0.1, 0.15) is 12.4 Å². The number of ether oxygens (including phenoxy) is 1. The third kappa shape index (κ3) is 5.74. The highest BCUT2D eigenvalue weighted by Gasteiger charge is 2.23. The second kappa shape index (κ2) is 8.19. The summed E-state index contributed by atoms with van der Waals surface area (Å²) >= 11 is 0. The summed E-state index contributed by atoms with van der Waals surface area (Å²) in [5.41, 5.74) is 0. The zero-order valence-electron chi connectivity index (χ0n) is 13.0. The Morgan fingerprint density at radius 2 is 2.00 bits per heavy atom. The minimum Gasteiger partial charge on any atom is -0.492 e. The van der Waals surface area contributed by atoms with Gasteiger partial charge >= 0.3 is 6.09 Å². The molecule has 0 unspecified atom stereocenters.